The summed E-state index contributed by atoms with van der Waals surface area (Å²) in [4.78, 5) is 15.2. The number of carbonyl (C=O) groups excluding carboxylic acids is 1. The van der Waals surface area contributed by atoms with Gasteiger partial charge < -0.3 is 14.0 Å². The Morgan fingerprint density at radius 3 is 2.62 bits per heavy atom. The first kappa shape index (κ1) is 18.5. The van der Waals surface area contributed by atoms with Gasteiger partial charge in [-0.25, -0.2) is 0 Å². The van der Waals surface area contributed by atoms with Gasteiger partial charge in [-0.1, -0.05) is 64.5 Å². The third-order valence-electron chi connectivity index (χ3n) is 6.66. The molecule has 0 bridgehead atoms. The lowest BCUT2D eigenvalue weighted by Gasteiger charge is -2.46. The van der Waals surface area contributed by atoms with E-state index in [1.807, 2.05) is 18.2 Å². The summed E-state index contributed by atoms with van der Waals surface area (Å²) in [5, 5.41) is 1.22. The Balaban J connectivity index is 1.94. The molecule has 3 aromatic rings. The number of halogens is 1. The van der Waals surface area contributed by atoms with E-state index in [-0.39, 0.29) is 5.97 Å². The van der Waals surface area contributed by atoms with Gasteiger partial charge in [-0.05, 0) is 24.5 Å². The van der Waals surface area contributed by atoms with Crippen molar-refractivity contribution in [3.05, 3.63) is 82.2 Å². The number of rotatable bonds is 2. The summed E-state index contributed by atoms with van der Waals surface area (Å²) < 4.78 is 14.3. The number of allylic oxidation sites excluding steroid dienone is 1. The first-order chi connectivity index (χ1) is 14.1. The average molecular weight is 452 g/mol. The van der Waals surface area contributed by atoms with Crippen molar-refractivity contribution in [2.75, 3.05) is 7.11 Å². The van der Waals surface area contributed by atoms with Gasteiger partial charge in [0.05, 0.1) is 12.8 Å². The highest BCUT2D eigenvalue weighted by Crippen LogP contribution is 2.64. The molecule has 0 radical (unpaired) electrons. The molecule has 29 heavy (non-hydrogen) atoms. The van der Waals surface area contributed by atoms with Crippen LogP contribution in [-0.4, -0.2) is 17.6 Å². The molecular formula is C24H22BrNO3. The Bertz CT molecular complexity index is 1150. The molecule has 2 aliphatic rings. The molecule has 5 rings (SSSR count). The lowest BCUT2D eigenvalue weighted by Crippen LogP contribution is -2.53. The van der Waals surface area contributed by atoms with Crippen LogP contribution >= 0.6 is 15.9 Å². The zero-order chi connectivity index (χ0) is 20.2. The second-order valence-electron chi connectivity index (χ2n) is 7.88. The van der Waals surface area contributed by atoms with Gasteiger partial charge in [0.15, 0.2) is 5.60 Å². The van der Waals surface area contributed by atoms with E-state index in [0.29, 0.717) is 12.8 Å². The highest BCUT2D eigenvalue weighted by atomic mass is 79.9. The molecule has 5 heteroatoms. The normalized spacial score (nSPS) is 26.8. The molecule has 1 aliphatic heterocycles. The quantitative estimate of drug-likeness (QED) is 0.503. The van der Waals surface area contributed by atoms with Crippen LogP contribution in [0, 0.1) is 5.41 Å². The molecule has 1 aliphatic carbocycles. The van der Waals surface area contributed by atoms with E-state index in [2.05, 4.69) is 63.9 Å². The van der Waals surface area contributed by atoms with E-state index in [1.54, 1.807) is 4.99 Å². The topological polar surface area (TPSA) is 40.5 Å². The summed E-state index contributed by atoms with van der Waals surface area (Å²) in [7, 11) is 3.54. The van der Waals surface area contributed by atoms with Crippen molar-refractivity contribution in [1.82, 2.24) is 4.57 Å². The van der Waals surface area contributed by atoms with Crippen molar-refractivity contribution in [3.63, 3.8) is 0 Å². The van der Waals surface area contributed by atoms with E-state index >= 15 is 0 Å². The standard InChI is InChI=1S/C24H22BrNO3/c1-26-20-11-7-6-10-18(20)19-12-13-23(22(27)28-2)14-17(15-25)29-24(23,21(19)26)16-8-4-3-5-9-16/h3-11,15H,12-14H2,1-2H3/b17-15+/t23-,24-/m1/s1. The van der Waals surface area contributed by atoms with Gasteiger partial charge >= 0.3 is 5.97 Å². The first-order valence-electron chi connectivity index (χ1n) is 9.78. The fourth-order valence-corrected chi connectivity index (χ4v) is 5.78. The molecule has 0 amide bonds. The molecular weight excluding hydrogens is 430 g/mol. The van der Waals surface area contributed by atoms with Gasteiger partial charge in [0, 0.05) is 34.9 Å². The second-order valence-corrected chi connectivity index (χ2v) is 8.34. The van der Waals surface area contributed by atoms with Crippen LogP contribution in [0.2, 0.25) is 0 Å². The molecule has 0 unspecified atom stereocenters. The summed E-state index contributed by atoms with van der Waals surface area (Å²) in [6.07, 6.45) is 1.97. The van der Waals surface area contributed by atoms with Gasteiger partial charge in [0.1, 0.15) is 11.2 Å². The number of aromatic nitrogens is 1. The number of hydrogen-bond acceptors (Lipinski definition) is 3. The molecule has 0 saturated carbocycles. The molecule has 0 N–H and O–H groups in total. The van der Waals surface area contributed by atoms with Crippen molar-refractivity contribution in [3.8, 4) is 0 Å². The number of carbonyl (C=O) groups is 1. The zero-order valence-corrected chi connectivity index (χ0v) is 18.0. The van der Waals surface area contributed by atoms with Crippen LogP contribution in [0.3, 0.4) is 0 Å². The van der Waals surface area contributed by atoms with Crippen molar-refractivity contribution in [2.45, 2.75) is 24.9 Å². The first-order valence-corrected chi connectivity index (χ1v) is 10.7. The second kappa shape index (κ2) is 6.49. The number of aryl methyl sites for hydroxylation is 2. The average Bonchev–Trinajstić information content (AvgIpc) is 3.28. The number of methoxy groups -OCH3 is 1. The van der Waals surface area contributed by atoms with Crippen LogP contribution in [0.5, 0.6) is 0 Å². The van der Waals surface area contributed by atoms with Crippen LogP contribution in [0.15, 0.2) is 65.3 Å². The van der Waals surface area contributed by atoms with E-state index < -0.39 is 11.0 Å². The van der Waals surface area contributed by atoms with Crippen LogP contribution in [0.4, 0.5) is 0 Å². The molecule has 148 valence electrons. The minimum absolute atomic E-state index is 0.221. The number of fused-ring (bicyclic) bond motifs is 5. The Morgan fingerprint density at radius 1 is 1.17 bits per heavy atom. The highest BCUT2D eigenvalue weighted by Gasteiger charge is 2.69. The predicted molar refractivity (Wildman–Crippen MR) is 116 cm³/mol. The van der Waals surface area contributed by atoms with E-state index in [1.165, 1.54) is 18.1 Å². The third-order valence-corrected chi connectivity index (χ3v) is 7.17. The van der Waals surface area contributed by atoms with Crippen LogP contribution in [0.25, 0.3) is 10.9 Å². The van der Waals surface area contributed by atoms with Gasteiger partial charge in [0.25, 0.3) is 0 Å². The monoisotopic (exact) mass is 451 g/mol. The lowest BCUT2D eigenvalue weighted by atomic mass is 9.59. The third kappa shape index (κ3) is 2.22. The van der Waals surface area contributed by atoms with E-state index in [0.717, 1.165) is 29.0 Å². The minimum Gasteiger partial charge on any atom is -0.479 e. The smallest absolute Gasteiger partial charge is 0.317 e. The molecule has 1 saturated heterocycles. The molecule has 4 nitrogen and oxygen atoms in total. The van der Waals surface area contributed by atoms with Gasteiger partial charge in [-0.3, -0.25) is 4.79 Å². The zero-order valence-electron chi connectivity index (χ0n) is 16.4. The number of ether oxygens (including phenoxy) is 2. The number of benzene rings is 2. The van der Waals surface area contributed by atoms with Crippen molar-refractivity contribution >= 4 is 32.8 Å². The highest BCUT2D eigenvalue weighted by molar-refractivity contribution is 9.11. The van der Waals surface area contributed by atoms with Crippen molar-refractivity contribution in [1.29, 1.82) is 0 Å². The largest absolute Gasteiger partial charge is 0.479 e. The number of para-hydroxylation sites is 1. The Kier molecular flexibility index (Phi) is 4.14. The SMILES string of the molecule is COC(=O)[C@]12CCc3c(n(C)c4ccccc34)[C@@]1(c1ccccc1)O/C(=C/Br)C2. The van der Waals surface area contributed by atoms with Crippen LogP contribution in [0.1, 0.15) is 29.7 Å². The summed E-state index contributed by atoms with van der Waals surface area (Å²) in [6.45, 7) is 0. The summed E-state index contributed by atoms with van der Waals surface area (Å²) >= 11 is 3.45. The lowest BCUT2D eigenvalue weighted by molar-refractivity contribution is -0.164. The van der Waals surface area contributed by atoms with Gasteiger partial charge in [-0.2, -0.15) is 0 Å². The maximum Gasteiger partial charge on any atom is 0.317 e. The van der Waals surface area contributed by atoms with Gasteiger partial charge in [0.2, 0.25) is 0 Å². The molecule has 2 atom stereocenters. The summed E-state index contributed by atoms with van der Waals surface area (Å²) in [5.74, 6) is 0.541. The summed E-state index contributed by atoms with van der Waals surface area (Å²) in [5.41, 5.74) is 2.66. The Hall–Kier alpha value is -2.53. The Morgan fingerprint density at radius 2 is 1.90 bits per heavy atom. The van der Waals surface area contributed by atoms with Crippen LogP contribution in [-0.2, 0) is 33.3 Å². The maximum atomic E-state index is 13.4. The molecule has 1 aromatic heterocycles. The number of hydrogen-bond donors (Lipinski definition) is 0. The molecule has 2 heterocycles. The predicted octanol–water partition coefficient (Wildman–Crippen LogP) is 5.18. The number of esters is 1. The number of nitrogens with zero attached hydrogens (tertiary/aromatic N) is 1. The molecule has 1 fully saturated rings. The fourth-order valence-electron chi connectivity index (χ4n) is 5.52. The summed E-state index contributed by atoms with van der Waals surface area (Å²) in [6, 6.07) is 18.5. The fraction of sp³-hybridized carbons (Fsp3) is 0.292. The van der Waals surface area contributed by atoms with E-state index in [9.17, 15) is 4.79 Å². The maximum absolute atomic E-state index is 13.4. The minimum atomic E-state index is -0.942. The van der Waals surface area contributed by atoms with Crippen molar-refractivity contribution in [2.24, 2.45) is 12.5 Å². The van der Waals surface area contributed by atoms with Crippen molar-refractivity contribution < 1.29 is 14.3 Å². The molecule has 2 aromatic carbocycles. The van der Waals surface area contributed by atoms with Crippen LogP contribution < -0.4 is 0 Å². The van der Waals surface area contributed by atoms with Gasteiger partial charge in [-0.15, -0.1) is 0 Å². The van der Waals surface area contributed by atoms with E-state index in [4.69, 9.17) is 9.47 Å². The Labute approximate surface area is 178 Å². The molecule has 0 spiro atoms.